The van der Waals surface area contributed by atoms with Gasteiger partial charge in [-0.25, -0.2) is 22.3 Å². The highest BCUT2D eigenvalue weighted by Crippen LogP contribution is 2.37. The molecule has 1 unspecified atom stereocenters. The summed E-state index contributed by atoms with van der Waals surface area (Å²) in [7, 11) is -3.48. The molecular weight excluding hydrogens is 543 g/mol. The normalized spacial score (nSPS) is 15.6. The van der Waals surface area contributed by atoms with Gasteiger partial charge < -0.3 is 9.64 Å². The Morgan fingerprint density at radius 3 is 2.81 bits per heavy atom. The van der Waals surface area contributed by atoms with E-state index < -0.39 is 27.8 Å². The van der Waals surface area contributed by atoms with E-state index in [1.54, 1.807) is 17.6 Å². The van der Waals surface area contributed by atoms with Crippen LogP contribution in [0, 0.1) is 19.7 Å². The molecule has 0 saturated heterocycles. The fraction of sp³-hybridized carbons (Fsp3) is 0.304. The molecule has 0 radical (unpaired) electrons. The van der Waals surface area contributed by atoms with Crippen molar-refractivity contribution in [1.82, 2.24) is 24.5 Å². The number of carbonyl (C=O) groups excluding carboxylic acids is 1. The molecule has 10 nitrogen and oxygen atoms in total. The number of fused-ring (bicyclic) bond motifs is 3. The number of sulfonamides is 1. The van der Waals surface area contributed by atoms with Crippen LogP contribution < -0.4 is 9.46 Å². The smallest absolute Gasteiger partial charge is 0.261 e. The lowest BCUT2D eigenvalue weighted by molar-refractivity contribution is -0.135. The molecule has 1 aromatic carbocycles. The summed E-state index contributed by atoms with van der Waals surface area (Å²) in [5.74, 6) is -0.742. The van der Waals surface area contributed by atoms with Gasteiger partial charge >= 0.3 is 0 Å². The van der Waals surface area contributed by atoms with E-state index in [0.717, 1.165) is 17.0 Å². The third-order valence-electron chi connectivity index (χ3n) is 5.75. The molecule has 1 amide bonds. The number of aromatic nitrogens is 4. The summed E-state index contributed by atoms with van der Waals surface area (Å²) in [6, 6.07) is 4.86. The Balaban J connectivity index is 1.45. The molecule has 37 heavy (non-hydrogen) atoms. The Morgan fingerprint density at radius 2 is 2.11 bits per heavy atom. The van der Waals surface area contributed by atoms with E-state index in [2.05, 4.69) is 19.8 Å². The maximum atomic E-state index is 15.2. The summed E-state index contributed by atoms with van der Waals surface area (Å²) < 4.78 is 47.8. The van der Waals surface area contributed by atoms with Crippen LogP contribution >= 0.6 is 22.9 Å². The van der Waals surface area contributed by atoms with Gasteiger partial charge in [0.2, 0.25) is 15.0 Å². The van der Waals surface area contributed by atoms with E-state index in [4.69, 9.17) is 16.3 Å². The van der Waals surface area contributed by atoms with Gasteiger partial charge in [0.15, 0.2) is 6.61 Å². The number of amides is 1. The summed E-state index contributed by atoms with van der Waals surface area (Å²) in [6.07, 6.45) is 3.05. The second kappa shape index (κ2) is 9.54. The molecule has 0 bridgehead atoms. The van der Waals surface area contributed by atoms with Crippen molar-refractivity contribution < 1.29 is 22.3 Å². The number of anilines is 1. The molecule has 0 spiro atoms. The lowest BCUT2D eigenvalue weighted by Crippen LogP contribution is -2.44. The number of benzene rings is 1. The van der Waals surface area contributed by atoms with Crippen molar-refractivity contribution in [2.24, 2.45) is 0 Å². The van der Waals surface area contributed by atoms with Crippen molar-refractivity contribution in [3.63, 3.8) is 0 Å². The molecule has 0 fully saturated rings. The molecule has 4 heterocycles. The molecule has 14 heteroatoms. The second-order valence-corrected chi connectivity index (χ2v) is 12.0. The number of nitrogens with one attached hydrogen (secondary N) is 1. The molecule has 0 aliphatic carbocycles. The third-order valence-corrected chi connectivity index (χ3v) is 7.47. The van der Waals surface area contributed by atoms with Crippen molar-refractivity contribution >= 4 is 49.5 Å². The first kappa shape index (κ1) is 25.4. The van der Waals surface area contributed by atoms with Gasteiger partial charge in [0, 0.05) is 19.2 Å². The van der Waals surface area contributed by atoms with E-state index in [1.165, 1.54) is 40.5 Å². The maximum Gasteiger partial charge on any atom is 0.261 e. The third kappa shape index (κ3) is 5.11. The van der Waals surface area contributed by atoms with E-state index >= 15 is 4.39 Å². The van der Waals surface area contributed by atoms with Gasteiger partial charge in [0.25, 0.3) is 5.91 Å². The minimum absolute atomic E-state index is 0.0987. The van der Waals surface area contributed by atoms with Crippen molar-refractivity contribution in [2.75, 3.05) is 24.1 Å². The van der Waals surface area contributed by atoms with Gasteiger partial charge in [-0.15, -0.1) is 0 Å². The van der Waals surface area contributed by atoms with Crippen molar-refractivity contribution in [2.45, 2.75) is 26.3 Å². The fourth-order valence-corrected chi connectivity index (χ4v) is 5.83. The standard InChI is InChI=1S/C23H22ClFN6O4S2/c1-12-8-16(25)20(26-10-12)22-21-17(27-23-31(21)28-13(2)36-23)6-7-30(22)19(32)11-35-18-5-4-14(9-15(18)24)29-37(3,33)34/h4-5,8-10,22,29H,6-7,11H2,1-3H3. The van der Waals surface area contributed by atoms with E-state index in [0.29, 0.717) is 22.6 Å². The number of nitrogens with zero attached hydrogens (tertiary/aromatic N) is 5. The number of aryl methyl sites for hydroxylation is 2. The van der Waals surface area contributed by atoms with Gasteiger partial charge in [0.05, 0.1) is 28.4 Å². The molecule has 194 valence electrons. The first-order valence-corrected chi connectivity index (χ1v) is 14.3. The summed E-state index contributed by atoms with van der Waals surface area (Å²) >= 11 is 7.66. The Kier molecular flexibility index (Phi) is 6.54. The number of carbonyl (C=O) groups is 1. The minimum atomic E-state index is -3.48. The van der Waals surface area contributed by atoms with E-state index in [-0.39, 0.29) is 35.3 Å². The van der Waals surface area contributed by atoms with Gasteiger partial charge in [0.1, 0.15) is 28.3 Å². The average molecular weight is 565 g/mol. The highest BCUT2D eigenvalue weighted by molar-refractivity contribution is 7.92. The molecule has 5 rings (SSSR count). The van der Waals surface area contributed by atoms with Crippen LogP contribution in [0.1, 0.15) is 33.7 Å². The summed E-state index contributed by atoms with van der Waals surface area (Å²) in [6.45, 7) is 3.50. The first-order chi connectivity index (χ1) is 17.5. The molecular formula is C23H22ClFN6O4S2. The van der Waals surface area contributed by atoms with E-state index in [9.17, 15) is 13.2 Å². The Bertz CT molecular complexity index is 1640. The zero-order chi connectivity index (χ0) is 26.5. The summed E-state index contributed by atoms with van der Waals surface area (Å²) in [5.41, 5.74) is 2.36. The molecule has 3 aromatic heterocycles. The Labute approximate surface area is 221 Å². The van der Waals surface area contributed by atoms with E-state index in [1.807, 2.05) is 6.92 Å². The molecule has 1 aliphatic heterocycles. The fourth-order valence-electron chi connectivity index (χ4n) is 4.27. The van der Waals surface area contributed by atoms with Crippen LogP contribution in [-0.4, -0.2) is 58.2 Å². The number of imidazole rings is 1. The topological polar surface area (TPSA) is 119 Å². The minimum Gasteiger partial charge on any atom is -0.482 e. The van der Waals surface area contributed by atoms with Crippen LogP contribution in [0.4, 0.5) is 10.1 Å². The molecule has 1 aliphatic rings. The molecule has 0 saturated carbocycles. The Morgan fingerprint density at radius 1 is 1.32 bits per heavy atom. The largest absolute Gasteiger partial charge is 0.482 e. The summed E-state index contributed by atoms with van der Waals surface area (Å²) in [5, 5.41) is 5.44. The molecule has 1 atom stereocenters. The molecule has 1 N–H and O–H groups in total. The highest BCUT2D eigenvalue weighted by atomic mass is 35.5. The predicted molar refractivity (Wildman–Crippen MR) is 137 cm³/mol. The Hall–Kier alpha value is -3.29. The summed E-state index contributed by atoms with van der Waals surface area (Å²) in [4.78, 5) is 24.6. The van der Waals surface area contributed by atoms with Gasteiger partial charge in [-0.05, 0) is 43.7 Å². The zero-order valence-electron chi connectivity index (χ0n) is 20.0. The van der Waals surface area contributed by atoms with Crippen LogP contribution in [-0.2, 0) is 21.2 Å². The lowest BCUT2D eigenvalue weighted by atomic mass is 9.98. The van der Waals surface area contributed by atoms with Crippen molar-refractivity contribution in [1.29, 1.82) is 0 Å². The van der Waals surface area contributed by atoms with Crippen LogP contribution in [0.25, 0.3) is 4.96 Å². The van der Waals surface area contributed by atoms with Crippen LogP contribution in [0.2, 0.25) is 5.02 Å². The molecule has 4 aromatic rings. The number of hydrogen-bond acceptors (Lipinski definition) is 8. The second-order valence-electron chi connectivity index (χ2n) is 8.69. The van der Waals surface area contributed by atoms with Crippen molar-refractivity contribution in [3.05, 3.63) is 69.0 Å². The average Bonchev–Trinajstić information content (AvgIpc) is 3.32. The number of pyridine rings is 1. The van der Waals surface area contributed by atoms with Gasteiger partial charge in [-0.2, -0.15) is 5.10 Å². The van der Waals surface area contributed by atoms with Gasteiger partial charge in [-0.1, -0.05) is 22.9 Å². The SMILES string of the molecule is Cc1cnc(C2c3c(nc4sc(C)nn34)CCN2C(=O)COc2ccc(NS(C)(=O)=O)cc2Cl)c(F)c1. The maximum absolute atomic E-state index is 15.2. The first-order valence-electron chi connectivity index (χ1n) is 11.2. The lowest BCUT2D eigenvalue weighted by Gasteiger charge is -2.35. The van der Waals surface area contributed by atoms with Crippen LogP contribution in [0.15, 0.2) is 30.5 Å². The zero-order valence-corrected chi connectivity index (χ0v) is 22.4. The number of halogens is 2. The predicted octanol–water partition coefficient (Wildman–Crippen LogP) is 3.52. The van der Waals surface area contributed by atoms with Crippen LogP contribution in [0.3, 0.4) is 0 Å². The highest BCUT2D eigenvalue weighted by Gasteiger charge is 2.39. The monoisotopic (exact) mass is 564 g/mol. The number of rotatable bonds is 6. The van der Waals surface area contributed by atoms with Gasteiger partial charge in [-0.3, -0.25) is 14.5 Å². The van der Waals surface area contributed by atoms with Crippen LogP contribution in [0.5, 0.6) is 5.75 Å². The van der Waals surface area contributed by atoms with Crippen molar-refractivity contribution in [3.8, 4) is 5.75 Å². The number of ether oxygens (including phenoxy) is 1. The number of hydrogen-bond donors (Lipinski definition) is 1. The quantitative estimate of drug-likeness (QED) is 0.380.